The van der Waals surface area contributed by atoms with Gasteiger partial charge in [-0.15, -0.1) is 0 Å². The molecule has 0 aliphatic carbocycles. The Kier molecular flexibility index (Phi) is 7.42. The van der Waals surface area contributed by atoms with Gasteiger partial charge in [-0.05, 0) is 24.1 Å². The minimum atomic E-state index is -0.804. The first-order valence-electron chi connectivity index (χ1n) is 9.88. The summed E-state index contributed by atoms with van der Waals surface area (Å²) >= 11 is 0. The number of ether oxygens (including phenoxy) is 2. The molecule has 0 spiro atoms. The van der Waals surface area contributed by atoms with Crippen LogP contribution in [0.1, 0.15) is 12.0 Å². The number of hydrogen-bond acceptors (Lipinski definition) is 6. The zero-order chi connectivity index (χ0) is 20.6. The minimum absolute atomic E-state index is 0.0489. The number of carbonyl (C=O) groups is 3. The largest absolute Gasteiger partial charge is 0.497 e. The van der Waals surface area contributed by atoms with Crippen LogP contribution in [0.4, 0.5) is 4.79 Å². The highest BCUT2D eigenvalue weighted by Crippen LogP contribution is 2.14. The average Bonchev–Trinajstić information content (AvgIpc) is 3.00. The van der Waals surface area contributed by atoms with E-state index in [9.17, 15) is 14.4 Å². The number of morpholine rings is 1. The summed E-state index contributed by atoms with van der Waals surface area (Å²) < 4.78 is 10.4. The normalized spacial score (nSPS) is 19.9. The van der Waals surface area contributed by atoms with E-state index in [1.807, 2.05) is 24.3 Å². The Morgan fingerprint density at radius 3 is 2.62 bits per heavy atom. The molecule has 2 fully saturated rings. The Bertz CT molecular complexity index is 718. The Morgan fingerprint density at radius 2 is 1.93 bits per heavy atom. The van der Waals surface area contributed by atoms with Crippen molar-refractivity contribution in [2.45, 2.75) is 18.9 Å². The summed E-state index contributed by atoms with van der Waals surface area (Å²) in [7, 11) is 1.60. The molecule has 29 heavy (non-hydrogen) atoms. The van der Waals surface area contributed by atoms with E-state index in [1.165, 1.54) is 4.90 Å². The summed E-state index contributed by atoms with van der Waals surface area (Å²) in [5, 5.41) is 5.43. The molecule has 0 aromatic heterocycles. The highest BCUT2D eigenvalue weighted by atomic mass is 16.5. The first kappa shape index (κ1) is 21.1. The van der Waals surface area contributed by atoms with Gasteiger partial charge < -0.3 is 20.1 Å². The van der Waals surface area contributed by atoms with E-state index < -0.39 is 12.1 Å². The second kappa shape index (κ2) is 10.2. The molecule has 1 aromatic carbocycles. The molecule has 3 rings (SSSR count). The second-order valence-corrected chi connectivity index (χ2v) is 7.10. The fraction of sp³-hybridized carbons (Fsp3) is 0.550. The van der Waals surface area contributed by atoms with Crippen molar-refractivity contribution in [2.75, 3.05) is 53.0 Å². The van der Waals surface area contributed by atoms with Gasteiger partial charge in [0, 0.05) is 32.7 Å². The molecule has 0 saturated carbocycles. The first-order valence-corrected chi connectivity index (χ1v) is 9.88. The van der Waals surface area contributed by atoms with Crippen molar-refractivity contribution >= 4 is 17.8 Å². The summed E-state index contributed by atoms with van der Waals surface area (Å²) in [6.45, 7) is 4.66. The van der Waals surface area contributed by atoms with E-state index in [0.717, 1.165) is 30.9 Å². The van der Waals surface area contributed by atoms with Crippen molar-refractivity contribution in [3.63, 3.8) is 0 Å². The van der Waals surface area contributed by atoms with Crippen LogP contribution >= 0.6 is 0 Å². The number of nitrogens with zero attached hydrogens (tertiary/aromatic N) is 2. The molecule has 4 amide bonds. The number of amides is 4. The van der Waals surface area contributed by atoms with Gasteiger partial charge in [0.05, 0.1) is 26.7 Å². The van der Waals surface area contributed by atoms with Gasteiger partial charge in [-0.1, -0.05) is 12.1 Å². The minimum Gasteiger partial charge on any atom is -0.497 e. The van der Waals surface area contributed by atoms with Crippen LogP contribution in [0, 0.1) is 0 Å². The van der Waals surface area contributed by atoms with Crippen molar-refractivity contribution in [2.24, 2.45) is 0 Å². The van der Waals surface area contributed by atoms with E-state index in [-0.39, 0.29) is 24.8 Å². The third-order valence-corrected chi connectivity index (χ3v) is 5.13. The van der Waals surface area contributed by atoms with Crippen LogP contribution in [0.2, 0.25) is 0 Å². The Hall–Kier alpha value is -2.65. The molecular formula is C20H28N4O5. The highest BCUT2D eigenvalue weighted by molar-refractivity contribution is 6.05. The molecule has 0 radical (unpaired) electrons. The van der Waals surface area contributed by atoms with E-state index in [4.69, 9.17) is 9.47 Å². The molecular weight excluding hydrogens is 376 g/mol. The van der Waals surface area contributed by atoms with Crippen molar-refractivity contribution in [1.29, 1.82) is 0 Å². The van der Waals surface area contributed by atoms with Crippen LogP contribution in [0.5, 0.6) is 5.75 Å². The Labute approximate surface area is 170 Å². The molecule has 158 valence electrons. The smallest absolute Gasteiger partial charge is 0.324 e. The lowest BCUT2D eigenvalue weighted by Gasteiger charge is -2.26. The highest BCUT2D eigenvalue weighted by Gasteiger charge is 2.38. The molecule has 2 saturated heterocycles. The predicted molar refractivity (Wildman–Crippen MR) is 106 cm³/mol. The third-order valence-electron chi connectivity index (χ3n) is 5.13. The monoisotopic (exact) mass is 404 g/mol. The molecule has 0 unspecified atom stereocenters. The maximum absolute atomic E-state index is 12.5. The van der Waals surface area contributed by atoms with Crippen molar-refractivity contribution < 1.29 is 23.9 Å². The van der Waals surface area contributed by atoms with Gasteiger partial charge in [-0.3, -0.25) is 19.4 Å². The number of methoxy groups -OCH3 is 1. The van der Waals surface area contributed by atoms with Crippen molar-refractivity contribution in [1.82, 2.24) is 20.4 Å². The lowest BCUT2D eigenvalue weighted by atomic mass is 10.1. The summed E-state index contributed by atoms with van der Waals surface area (Å²) in [5.74, 6) is 0.157. The van der Waals surface area contributed by atoms with Crippen LogP contribution < -0.4 is 15.4 Å². The number of hydrogen-bond donors (Lipinski definition) is 2. The Morgan fingerprint density at radius 1 is 1.21 bits per heavy atom. The quantitative estimate of drug-likeness (QED) is 0.562. The van der Waals surface area contributed by atoms with Gasteiger partial charge in [0.25, 0.3) is 5.91 Å². The zero-order valence-electron chi connectivity index (χ0n) is 16.7. The maximum atomic E-state index is 12.5. The van der Waals surface area contributed by atoms with Gasteiger partial charge in [-0.2, -0.15) is 0 Å². The summed E-state index contributed by atoms with van der Waals surface area (Å²) in [5.41, 5.74) is 0.996. The van der Waals surface area contributed by atoms with Crippen molar-refractivity contribution in [3.8, 4) is 5.75 Å². The molecule has 1 aromatic rings. The topological polar surface area (TPSA) is 100 Å². The van der Waals surface area contributed by atoms with E-state index in [2.05, 4.69) is 15.5 Å². The molecule has 2 aliphatic heterocycles. The number of nitrogens with one attached hydrogen (secondary N) is 2. The molecule has 2 heterocycles. The molecule has 1 atom stereocenters. The molecule has 9 heteroatoms. The maximum Gasteiger partial charge on any atom is 0.324 e. The van der Waals surface area contributed by atoms with Crippen molar-refractivity contribution in [3.05, 3.63) is 29.8 Å². The van der Waals surface area contributed by atoms with E-state index in [1.54, 1.807) is 7.11 Å². The zero-order valence-corrected chi connectivity index (χ0v) is 16.7. The summed E-state index contributed by atoms with van der Waals surface area (Å²) in [4.78, 5) is 40.2. The number of benzene rings is 1. The first-order chi connectivity index (χ1) is 14.1. The van der Waals surface area contributed by atoms with Crippen LogP contribution in [-0.4, -0.2) is 86.7 Å². The number of urea groups is 1. The fourth-order valence-electron chi connectivity index (χ4n) is 3.40. The Balaban J connectivity index is 1.40. The predicted octanol–water partition coefficient (Wildman–Crippen LogP) is -0.00340. The van der Waals surface area contributed by atoms with Gasteiger partial charge in [0.2, 0.25) is 5.91 Å². The van der Waals surface area contributed by atoms with Gasteiger partial charge >= 0.3 is 6.03 Å². The molecule has 9 nitrogen and oxygen atoms in total. The van der Waals surface area contributed by atoms with Crippen LogP contribution in [0.25, 0.3) is 0 Å². The summed E-state index contributed by atoms with van der Waals surface area (Å²) in [6, 6.07) is 6.22. The van der Waals surface area contributed by atoms with Gasteiger partial charge in [0.15, 0.2) is 0 Å². The summed E-state index contributed by atoms with van der Waals surface area (Å²) in [6.07, 6.45) is 0.494. The number of imide groups is 1. The standard InChI is InChI=1S/C20H28N4O5/c1-28-16-4-2-15(3-5-16)6-8-24-19(26)17(22-20(24)27)14-18(25)21-7-9-23-10-12-29-13-11-23/h2-5,17H,6-14H2,1H3,(H,21,25)(H,22,27)/t17-/m0/s1. The molecule has 2 aliphatic rings. The second-order valence-electron chi connectivity index (χ2n) is 7.10. The lowest BCUT2D eigenvalue weighted by Crippen LogP contribution is -2.42. The number of rotatable bonds is 9. The van der Waals surface area contributed by atoms with Crippen LogP contribution in [0.15, 0.2) is 24.3 Å². The molecule has 2 N–H and O–H groups in total. The SMILES string of the molecule is COc1ccc(CCN2C(=O)N[C@@H](CC(=O)NCCN3CCOCC3)C2=O)cc1. The third kappa shape index (κ3) is 5.91. The van der Waals surface area contributed by atoms with Crippen LogP contribution in [0.3, 0.4) is 0 Å². The average molecular weight is 404 g/mol. The van der Waals surface area contributed by atoms with Gasteiger partial charge in [0.1, 0.15) is 11.8 Å². The van der Waals surface area contributed by atoms with E-state index in [0.29, 0.717) is 26.2 Å². The molecule has 0 bridgehead atoms. The lowest BCUT2D eigenvalue weighted by molar-refractivity contribution is -0.130. The number of carbonyl (C=O) groups excluding carboxylic acids is 3. The fourth-order valence-corrected chi connectivity index (χ4v) is 3.40. The van der Waals surface area contributed by atoms with E-state index >= 15 is 0 Å². The van der Waals surface area contributed by atoms with Gasteiger partial charge in [-0.25, -0.2) is 4.79 Å². The van der Waals surface area contributed by atoms with Crippen LogP contribution in [-0.2, 0) is 20.7 Å².